The maximum Gasteiger partial charge on any atom is 0.304 e. The normalized spacial score (nSPS) is 19.7. The molecule has 0 saturated carbocycles. The Morgan fingerprint density at radius 1 is 1.25 bits per heavy atom. The van der Waals surface area contributed by atoms with Crippen molar-refractivity contribution in [2.75, 3.05) is 6.54 Å². The monoisotopic (exact) mass is 276 g/mol. The summed E-state index contributed by atoms with van der Waals surface area (Å²) in [5, 5.41) is 8.97. The lowest BCUT2D eigenvalue weighted by Gasteiger charge is -2.35. The van der Waals surface area contributed by atoms with Crippen LogP contribution in [0.3, 0.4) is 0 Å². The summed E-state index contributed by atoms with van der Waals surface area (Å²) in [5.74, 6) is -1.18. The highest BCUT2D eigenvalue weighted by molar-refractivity contribution is 5.92. The van der Waals surface area contributed by atoms with Gasteiger partial charge in [0.25, 0.3) is 0 Å². The number of piperidine rings is 1. The van der Waals surface area contributed by atoms with E-state index in [1.54, 1.807) is 12.1 Å². The van der Waals surface area contributed by atoms with Crippen molar-refractivity contribution in [2.45, 2.75) is 38.3 Å². The van der Waals surface area contributed by atoms with Gasteiger partial charge in [0, 0.05) is 18.2 Å². The van der Waals surface area contributed by atoms with E-state index in [0.29, 0.717) is 5.56 Å². The minimum absolute atomic E-state index is 0.108. The highest BCUT2D eigenvalue weighted by Crippen LogP contribution is 2.22. The van der Waals surface area contributed by atoms with Crippen LogP contribution < -0.4 is 5.73 Å². The van der Waals surface area contributed by atoms with Crippen LogP contribution in [0.2, 0.25) is 0 Å². The van der Waals surface area contributed by atoms with Crippen LogP contribution in [-0.4, -0.2) is 34.5 Å². The molecule has 1 aromatic rings. The fourth-order valence-electron chi connectivity index (χ4n) is 2.71. The second-order valence-electron chi connectivity index (χ2n) is 5.28. The Labute approximate surface area is 118 Å². The lowest BCUT2D eigenvalue weighted by molar-refractivity contribution is -0.138. The highest BCUT2D eigenvalue weighted by atomic mass is 16.4. The Morgan fingerprint density at radius 3 is 2.55 bits per heavy atom. The van der Waals surface area contributed by atoms with Gasteiger partial charge >= 0.3 is 5.97 Å². The van der Waals surface area contributed by atoms with E-state index in [1.165, 1.54) is 0 Å². The fourth-order valence-corrected chi connectivity index (χ4v) is 2.71. The second-order valence-corrected chi connectivity index (χ2v) is 5.28. The van der Waals surface area contributed by atoms with Gasteiger partial charge in [-0.25, -0.2) is 0 Å². The number of nitrogens with zero attached hydrogens (tertiary/aromatic N) is 1. The lowest BCUT2D eigenvalue weighted by atomic mass is 9.98. The molecule has 3 N–H and O–H groups in total. The van der Waals surface area contributed by atoms with Crippen molar-refractivity contribution in [3.8, 4) is 0 Å². The Morgan fingerprint density at radius 2 is 1.95 bits per heavy atom. The van der Waals surface area contributed by atoms with Gasteiger partial charge in [0.15, 0.2) is 0 Å². The summed E-state index contributed by atoms with van der Waals surface area (Å²) in [4.78, 5) is 24.1. The van der Waals surface area contributed by atoms with Gasteiger partial charge in [0.05, 0.1) is 6.42 Å². The average molecular weight is 276 g/mol. The number of carbonyl (C=O) groups is 2. The molecule has 1 aliphatic heterocycles. The second kappa shape index (κ2) is 6.52. The predicted molar refractivity (Wildman–Crippen MR) is 75.3 cm³/mol. The molecule has 1 unspecified atom stereocenters. The molecule has 20 heavy (non-hydrogen) atoms. The van der Waals surface area contributed by atoms with Gasteiger partial charge in [-0.05, 0) is 37.1 Å². The van der Waals surface area contributed by atoms with Gasteiger partial charge in [-0.3, -0.25) is 14.5 Å². The van der Waals surface area contributed by atoms with E-state index in [-0.39, 0.29) is 12.5 Å². The first-order valence-corrected chi connectivity index (χ1v) is 6.91. The minimum Gasteiger partial charge on any atom is -0.481 e. The molecular weight excluding hydrogens is 256 g/mol. The molecule has 5 heteroatoms. The Balaban J connectivity index is 2.02. The molecule has 1 heterocycles. The summed E-state index contributed by atoms with van der Waals surface area (Å²) in [6.45, 7) is 1.65. The predicted octanol–water partition coefficient (Wildman–Crippen LogP) is 1.61. The van der Waals surface area contributed by atoms with Gasteiger partial charge < -0.3 is 10.8 Å². The van der Waals surface area contributed by atoms with Crippen molar-refractivity contribution in [2.24, 2.45) is 5.73 Å². The number of benzene rings is 1. The highest BCUT2D eigenvalue weighted by Gasteiger charge is 2.24. The number of hydrogen-bond donors (Lipinski definition) is 2. The number of primary amides is 1. The molecule has 0 bridgehead atoms. The zero-order valence-electron chi connectivity index (χ0n) is 11.4. The molecule has 5 nitrogen and oxygen atoms in total. The Hall–Kier alpha value is -1.88. The van der Waals surface area contributed by atoms with Crippen molar-refractivity contribution in [1.29, 1.82) is 0 Å². The Bertz CT molecular complexity index is 484. The van der Waals surface area contributed by atoms with Gasteiger partial charge in [-0.2, -0.15) is 0 Å². The third-order valence-electron chi connectivity index (χ3n) is 3.78. The first-order valence-electron chi connectivity index (χ1n) is 6.91. The van der Waals surface area contributed by atoms with Gasteiger partial charge in [0.1, 0.15) is 0 Å². The standard InChI is InChI=1S/C15H20N2O3/c16-15(20)12-6-4-11(5-7-12)10-17-8-2-1-3-13(17)9-14(18)19/h4-7,13H,1-3,8-10H2,(H2,16,20)(H,18,19). The van der Waals surface area contributed by atoms with Crippen molar-refractivity contribution < 1.29 is 14.7 Å². The van der Waals surface area contributed by atoms with Crippen molar-refractivity contribution in [1.82, 2.24) is 4.90 Å². The summed E-state index contributed by atoms with van der Waals surface area (Å²) >= 11 is 0. The number of likely N-dealkylation sites (tertiary alicyclic amines) is 1. The van der Waals surface area contributed by atoms with Crippen LogP contribution in [0.15, 0.2) is 24.3 Å². The molecule has 1 fully saturated rings. The molecule has 1 saturated heterocycles. The van der Waals surface area contributed by atoms with E-state index >= 15 is 0 Å². The molecule has 2 rings (SSSR count). The van der Waals surface area contributed by atoms with E-state index in [9.17, 15) is 9.59 Å². The SMILES string of the molecule is NC(=O)c1ccc(CN2CCCCC2CC(=O)O)cc1. The number of rotatable bonds is 5. The van der Waals surface area contributed by atoms with Crippen LogP contribution in [0.1, 0.15) is 41.6 Å². The number of carboxylic acid groups (broad SMARTS) is 1. The van der Waals surface area contributed by atoms with Crippen LogP contribution in [0.5, 0.6) is 0 Å². The van der Waals surface area contributed by atoms with Crippen LogP contribution in [0.4, 0.5) is 0 Å². The van der Waals surface area contributed by atoms with Crippen molar-refractivity contribution in [3.63, 3.8) is 0 Å². The third kappa shape index (κ3) is 3.81. The summed E-state index contributed by atoms with van der Waals surface area (Å²) < 4.78 is 0. The molecule has 1 aromatic carbocycles. The third-order valence-corrected chi connectivity index (χ3v) is 3.78. The maximum atomic E-state index is 11.0. The summed E-state index contributed by atoms with van der Waals surface area (Å²) in [5.41, 5.74) is 6.78. The topological polar surface area (TPSA) is 83.6 Å². The number of aliphatic carboxylic acids is 1. The molecule has 0 aliphatic carbocycles. The van der Waals surface area contributed by atoms with E-state index in [0.717, 1.165) is 37.9 Å². The van der Waals surface area contributed by atoms with Crippen LogP contribution in [0, 0.1) is 0 Å². The molecule has 1 aliphatic rings. The largest absolute Gasteiger partial charge is 0.481 e. The van der Waals surface area contributed by atoms with E-state index in [4.69, 9.17) is 10.8 Å². The van der Waals surface area contributed by atoms with Gasteiger partial charge in [0.2, 0.25) is 5.91 Å². The smallest absolute Gasteiger partial charge is 0.304 e. The average Bonchev–Trinajstić information content (AvgIpc) is 2.41. The summed E-state index contributed by atoms with van der Waals surface area (Å²) in [6, 6.07) is 7.30. The number of carbonyl (C=O) groups excluding carboxylic acids is 1. The lowest BCUT2D eigenvalue weighted by Crippen LogP contribution is -2.40. The van der Waals surface area contributed by atoms with Crippen molar-refractivity contribution >= 4 is 11.9 Å². The van der Waals surface area contributed by atoms with Crippen LogP contribution in [0.25, 0.3) is 0 Å². The molecule has 0 radical (unpaired) electrons. The first kappa shape index (κ1) is 14.5. The number of hydrogen-bond acceptors (Lipinski definition) is 3. The van der Waals surface area contributed by atoms with Gasteiger partial charge in [-0.15, -0.1) is 0 Å². The molecule has 1 atom stereocenters. The fraction of sp³-hybridized carbons (Fsp3) is 0.467. The molecule has 1 amide bonds. The quantitative estimate of drug-likeness (QED) is 0.856. The van der Waals surface area contributed by atoms with Gasteiger partial charge in [-0.1, -0.05) is 18.6 Å². The minimum atomic E-state index is -0.744. The number of nitrogens with two attached hydrogens (primary N) is 1. The molecular formula is C15H20N2O3. The van der Waals surface area contributed by atoms with Crippen LogP contribution in [-0.2, 0) is 11.3 Å². The zero-order chi connectivity index (χ0) is 14.5. The first-order chi connectivity index (χ1) is 9.56. The molecule has 0 aromatic heterocycles. The summed E-state index contributed by atoms with van der Waals surface area (Å²) in [6.07, 6.45) is 3.33. The molecule has 108 valence electrons. The zero-order valence-corrected chi connectivity index (χ0v) is 11.4. The number of amides is 1. The van der Waals surface area contributed by atoms with Crippen LogP contribution >= 0.6 is 0 Å². The van der Waals surface area contributed by atoms with E-state index in [1.807, 2.05) is 12.1 Å². The Kier molecular flexibility index (Phi) is 4.74. The maximum absolute atomic E-state index is 11.0. The van der Waals surface area contributed by atoms with E-state index in [2.05, 4.69) is 4.90 Å². The molecule has 0 spiro atoms. The van der Waals surface area contributed by atoms with E-state index < -0.39 is 11.9 Å². The summed E-state index contributed by atoms with van der Waals surface area (Å²) in [7, 11) is 0. The number of carboxylic acids is 1. The van der Waals surface area contributed by atoms with Crippen molar-refractivity contribution in [3.05, 3.63) is 35.4 Å².